The number of halogens is 1. The van der Waals surface area contributed by atoms with Gasteiger partial charge in [-0.3, -0.25) is 4.79 Å². The van der Waals surface area contributed by atoms with Crippen LogP contribution in [0.2, 0.25) is 0 Å². The zero-order chi connectivity index (χ0) is 15.4. The summed E-state index contributed by atoms with van der Waals surface area (Å²) in [5.74, 6) is -0.231. The minimum Gasteiger partial charge on any atom is -0.387 e. The zero-order valence-corrected chi connectivity index (χ0v) is 13.4. The maximum atomic E-state index is 12.5. The molecular formula is C16H24ClNO2. The van der Waals surface area contributed by atoms with E-state index in [-0.39, 0.29) is 5.91 Å². The van der Waals surface area contributed by atoms with Crippen molar-refractivity contribution in [3.8, 4) is 0 Å². The molecule has 20 heavy (non-hydrogen) atoms. The minimum atomic E-state index is -1.35. The van der Waals surface area contributed by atoms with Gasteiger partial charge in [-0.15, -0.1) is 11.6 Å². The minimum absolute atomic E-state index is 0.231. The van der Waals surface area contributed by atoms with Crippen LogP contribution in [0.4, 0.5) is 0 Å². The van der Waals surface area contributed by atoms with E-state index in [2.05, 4.69) is 0 Å². The molecule has 1 amide bonds. The molecular weight excluding hydrogens is 274 g/mol. The lowest BCUT2D eigenvalue weighted by atomic mass is 9.83. The highest BCUT2D eigenvalue weighted by Gasteiger charge is 2.49. The highest BCUT2D eigenvalue weighted by molar-refractivity contribution is 6.35. The van der Waals surface area contributed by atoms with Crippen molar-refractivity contribution in [2.24, 2.45) is 0 Å². The fraction of sp³-hybridized carbons (Fsp3) is 0.562. The van der Waals surface area contributed by atoms with Crippen molar-refractivity contribution in [3.63, 3.8) is 0 Å². The first kappa shape index (κ1) is 17.0. The molecule has 0 spiro atoms. The fourth-order valence-electron chi connectivity index (χ4n) is 2.20. The van der Waals surface area contributed by atoms with Crippen LogP contribution in [0.25, 0.3) is 0 Å². The van der Waals surface area contributed by atoms with Crippen LogP contribution in [-0.4, -0.2) is 39.5 Å². The second-order valence-corrected chi connectivity index (χ2v) is 6.17. The van der Waals surface area contributed by atoms with Crippen LogP contribution < -0.4 is 0 Å². The summed E-state index contributed by atoms with van der Waals surface area (Å²) in [6.45, 7) is 8.19. The Balaban J connectivity index is 2.96. The average Bonchev–Trinajstić information content (AvgIpc) is 2.40. The highest BCUT2D eigenvalue weighted by Crippen LogP contribution is 2.34. The molecule has 0 aliphatic rings. The molecule has 1 N–H and O–H groups in total. The van der Waals surface area contributed by atoms with Crippen molar-refractivity contribution < 1.29 is 9.90 Å². The fourth-order valence-corrected chi connectivity index (χ4v) is 2.38. The predicted molar refractivity (Wildman–Crippen MR) is 83.0 cm³/mol. The Morgan fingerprint density at radius 3 is 2.15 bits per heavy atom. The topological polar surface area (TPSA) is 40.5 Å². The van der Waals surface area contributed by atoms with Gasteiger partial charge in [-0.2, -0.15) is 0 Å². The second-order valence-electron chi connectivity index (χ2n) is 5.42. The largest absolute Gasteiger partial charge is 0.387 e. The van der Waals surface area contributed by atoms with Gasteiger partial charge in [0.05, 0.1) is 5.60 Å². The first-order valence-corrected chi connectivity index (χ1v) is 7.38. The highest BCUT2D eigenvalue weighted by atomic mass is 35.5. The molecule has 0 heterocycles. The maximum absolute atomic E-state index is 12.5. The van der Waals surface area contributed by atoms with E-state index in [9.17, 15) is 9.90 Å². The van der Waals surface area contributed by atoms with E-state index in [1.54, 1.807) is 18.7 Å². The molecule has 0 fully saturated rings. The summed E-state index contributed by atoms with van der Waals surface area (Å²) in [5, 5.41) is 10.7. The maximum Gasteiger partial charge on any atom is 0.246 e. The van der Waals surface area contributed by atoms with E-state index in [0.717, 1.165) is 5.56 Å². The summed E-state index contributed by atoms with van der Waals surface area (Å²) in [6.07, 6.45) is 0.334. The van der Waals surface area contributed by atoms with E-state index >= 15 is 0 Å². The number of hydrogen-bond donors (Lipinski definition) is 1. The Bertz CT molecular complexity index is 439. The molecule has 0 aliphatic carbocycles. The third-order valence-electron chi connectivity index (χ3n) is 3.85. The van der Waals surface area contributed by atoms with E-state index in [0.29, 0.717) is 19.5 Å². The molecule has 0 aromatic heterocycles. The van der Waals surface area contributed by atoms with Crippen LogP contribution in [0.1, 0.15) is 33.3 Å². The lowest BCUT2D eigenvalue weighted by Gasteiger charge is -2.39. The molecule has 2 unspecified atom stereocenters. The van der Waals surface area contributed by atoms with Crippen LogP contribution in [0.5, 0.6) is 0 Å². The van der Waals surface area contributed by atoms with E-state index in [4.69, 9.17) is 11.6 Å². The standard InChI is InChI=1S/C16H24ClNO2/c1-5-18(6-2)14(19)16(4,17)15(3,20)12-13-10-8-7-9-11-13/h7-11,20H,5-6,12H2,1-4H3. The van der Waals surface area contributed by atoms with Crippen molar-refractivity contribution >= 4 is 17.5 Å². The summed E-state index contributed by atoms with van der Waals surface area (Å²) >= 11 is 6.44. The molecule has 0 saturated carbocycles. The lowest BCUT2D eigenvalue weighted by molar-refractivity contribution is -0.140. The smallest absolute Gasteiger partial charge is 0.246 e. The number of amides is 1. The van der Waals surface area contributed by atoms with Crippen molar-refractivity contribution in [2.45, 2.75) is 44.6 Å². The molecule has 4 heteroatoms. The molecule has 1 aromatic rings. The summed E-state index contributed by atoms with van der Waals surface area (Å²) in [4.78, 5) is 12.8. The second kappa shape index (κ2) is 6.59. The van der Waals surface area contributed by atoms with E-state index in [1.165, 1.54) is 0 Å². The number of carbonyl (C=O) groups excluding carboxylic acids is 1. The molecule has 0 radical (unpaired) electrons. The molecule has 112 valence electrons. The van der Waals surface area contributed by atoms with Gasteiger partial charge in [0.2, 0.25) is 5.91 Å². The summed E-state index contributed by atoms with van der Waals surface area (Å²) in [6, 6.07) is 9.57. The van der Waals surface area contributed by atoms with Crippen LogP contribution >= 0.6 is 11.6 Å². The van der Waals surface area contributed by atoms with Gasteiger partial charge in [0.25, 0.3) is 0 Å². The van der Waals surface area contributed by atoms with Crippen LogP contribution in [0, 0.1) is 0 Å². The number of carbonyl (C=O) groups is 1. The third kappa shape index (κ3) is 3.53. The first-order chi connectivity index (χ1) is 9.26. The number of nitrogens with zero attached hydrogens (tertiary/aromatic N) is 1. The van der Waals surface area contributed by atoms with Gasteiger partial charge in [0.1, 0.15) is 4.87 Å². The van der Waals surface area contributed by atoms with Crippen molar-refractivity contribution in [2.75, 3.05) is 13.1 Å². The third-order valence-corrected chi connectivity index (χ3v) is 4.42. The Morgan fingerprint density at radius 1 is 1.20 bits per heavy atom. The molecule has 1 rings (SSSR count). The molecule has 0 saturated heterocycles. The first-order valence-electron chi connectivity index (χ1n) is 7.00. The van der Waals surface area contributed by atoms with Gasteiger partial charge in [0.15, 0.2) is 0 Å². The zero-order valence-electron chi connectivity index (χ0n) is 12.7. The van der Waals surface area contributed by atoms with Gasteiger partial charge in [0, 0.05) is 19.5 Å². The van der Waals surface area contributed by atoms with Crippen molar-refractivity contribution in [1.82, 2.24) is 4.90 Å². The van der Waals surface area contributed by atoms with Crippen LogP contribution in [-0.2, 0) is 11.2 Å². The Morgan fingerprint density at radius 2 is 1.70 bits per heavy atom. The van der Waals surface area contributed by atoms with Crippen LogP contribution in [0.15, 0.2) is 30.3 Å². The summed E-state index contributed by atoms with van der Waals surface area (Å²) in [7, 11) is 0. The monoisotopic (exact) mass is 297 g/mol. The number of aliphatic hydroxyl groups is 1. The van der Waals surface area contributed by atoms with E-state index < -0.39 is 10.5 Å². The van der Waals surface area contributed by atoms with E-state index in [1.807, 2.05) is 44.2 Å². The van der Waals surface area contributed by atoms with Gasteiger partial charge < -0.3 is 10.0 Å². The molecule has 0 aliphatic heterocycles. The Labute approximate surface area is 126 Å². The normalized spacial score (nSPS) is 17.1. The SMILES string of the molecule is CCN(CC)C(=O)C(C)(Cl)C(C)(O)Cc1ccccc1. The molecule has 1 aromatic carbocycles. The number of benzene rings is 1. The quantitative estimate of drug-likeness (QED) is 0.820. The average molecular weight is 298 g/mol. The number of hydrogen-bond acceptors (Lipinski definition) is 2. The predicted octanol–water partition coefficient (Wildman–Crippen LogP) is 2.85. The number of alkyl halides is 1. The summed E-state index contributed by atoms with van der Waals surface area (Å²) < 4.78 is 0. The molecule has 3 nitrogen and oxygen atoms in total. The van der Waals surface area contributed by atoms with Crippen molar-refractivity contribution in [3.05, 3.63) is 35.9 Å². The Hall–Kier alpha value is -1.06. The molecule has 0 bridgehead atoms. The lowest BCUT2D eigenvalue weighted by Crippen LogP contribution is -2.57. The Kier molecular flexibility index (Phi) is 5.60. The molecule has 2 atom stereocenters. The van der Waals surface area contributed by atoms with Gasteiger partial charge >= 0.3 is 0 Å². The number of rotatable bonds is 6. The van der Waals surface area contributed by atoms with Crippen molar-refractivity contribution in [1.29, 1.82) is 0 Å². The van der Waals surface area contributed by atoms with Crippen LogP contribution in [0.3, 0.4) is 0 Å². The van der Waals surface area contributed by atoms with Gasteiger partial charge in [-0.25, -0.2) is 0 Å². The summed E-state index contributed by atoms with van der Waals surface area (Å²) in [5.41, 5.74) is -0.369. The van der Waals surface area contributed by atoms with Gasteiger partial charge in [-0.1, -0.05) is 30.3 Å². The van der Waals surface area contributed by atoms with Gasteiger partial charge in [-0.05, 0) is 33.3 Å².